The Bertz CT molecular complexity index is 56.3. The van der Waals surface area contributed by atoms with Crippen LogP contribution in [0.5, 0.6) is 0 Å². The van der Waals surface area contributed by atoms with Gasteiger partial charge in [-0.25, -0.2) is 0 Å². The van der Waals surface area contributed by atoms with Gasteiger partial charge in [0, 0.05) is 0 Å². The van der Waals surface area contributed by atoms with Crippen LogP contribution in [0.4, 0.5) is 13.2 Å². The summed E-state index contributed by atoms with van der Waals surface area (Å²) in [6.45, 7) is 0. The van der Waals surface area contributed by atoms with Crippen molar-refractivity contribution in [3.05, 3.63) is 0 Å². The molecule has 0 aliphatic carbocycles. The number of hydrogen-bond donors (Lipinski definition) is 0. The Morgan fingerprint density at radius 1 is 1.33 bits per heavy atom. The highest BCUT2D eigenvalue weighted by Crippen LogP contribution is 2.27. The fourth-order valence-corrected chi connectivity index (χ4v) is 0. The fourth-order valence-electron chi connectivity index (χ4n) is 0. The summed E-state index contributed by atoms with van der Waals surface area (Å²) in [6, 6.07) is 0. The van der Waals surface area contributed by atoms with E-state index in [2.05, 4.69) is 0 Å². The van der Waals surface area contributed by atoms with Crippen molar-refractivity contribution in [3.8, 4) is 0 Å². The molecule has 0 heterocycles. The van der Waals surface area contributed by atoms with Gasteiger partial charge in [0.1, 0.15) is 0 Å². The van der Waals surface area contributed by atoms with Gasteiger partial charge < -0.3 is 0 Å². The zero-order valence-electron chi connectivity index (χ0n) is 2.42. The standard InChI is InChI=1S/CF3IO/c2-1(3,4)5-6. The Morgan fingerprint density at radius 2 is 1.50 bits per heavy atom. The Hall–Kier alpha value is 0.320. The first-order valence-electron chi connectivity index (χ1n) is 0.910. The summed E-state index contributed by atoms with van der Waals surface area (Å²) in [7, 11) is 0. The molecule has 0 fully saturated rings. The third kappa shape index (κ3) is 4.32. The van der Waals surface area contributed by atoms with Gasteiger partial charge in [0.25, 0.3) is 21.2 Å². The lowest BCUT2D eigenvalue weighted by atomic mass is 11.6. The number of alkyl halides is 4. The van der Waals surface area contributed by atoms with Crippen LogP contribution in [0, 0.1) is 0 Å². The molecule has 0 unspecified atom stereocenters. The summed E-state index contributed by atoms with van der Waals surface area (Å²) in [5.41, 5.74) is 0. The second-order valence-electron chi connectivity index (χ2n) is 0.506. The molecular formula is CF3IO. The zero-order chi connectivity index (χ0) is 5.21. The smallest absolute Gasteiger partial charge is 0.261 e. The number of rotatable bonds is 0. The predicted molar refractivity (Wildman–Crippen MR) is 20.8 cm³/mol. The van der Waals surface area contributed by atoms with Crippen molar-refractivity contribution in [2.45, 2.75) is 4.18 Å². The van der Waals surface area contributed by atoms with Gasteiger partial charge in [-0.1, -0.05) is 0 Å². The molecule has 0 aliphatic heterocycles. The molecule has 6 heavy (non-hydrogen) atoms. The van der Waals surface area contributed by atoms with E-state index in [4.69, 9.17) is 3.07 Å². The van der Waals surface area contributed by atoms with Crippen LogP contribution in [0.2, 0.25) is 0 Å². The van der Waals surface area contributed by atoms with Gasteiger partial charge in [0.05, 0.1) is 0 Å². The first kappa shape index (κ1) is 6.32. The maximum absolute atomic E-state index is 10.5. The molecule has 0 atom stereocenters. The lowest BCUT2D eigenvalue weighted by Crippen LogP contribution is -1.90. The molecule has 0 aromatic carbocycles. The van der Waals surface area contributed by atoms with E-state index in [0.717, 1.165) is 0 Å². The van der Waals surface area contributed by atoms with Crippen LogP contribution in [0.25, 0.3) is 0 Å². The van der Waals surface area contributed by atoms with Crippen LogP contribution in [-0.2, 0) is 3.07 Å². The van der Waals surface area contributed by atoms with Gasteiger partial charge in [0.15, 0.2) is 0 Å². The Morgan fingerprint density at radius 3 is 1.50 bits per heavy atom. The predicted octanol–water partition coefficient (Wildman–Crippen LogP) is 1.82. The van der Waals surface area contributed by atoms with Crippen molar-refractivity contribution >= 4 is 21.2 Å². The molecule has 0 aromatic heterocycles. The minimum absolute atomic E-state index is 2.79. The third-order valence-electron chi connectivity index (χ3n) is 0.0875. The van der Waals surface area contributed by atoms with Crippen LogP contribution in [-0.4, -0.2) is 4.18 Å². The van der Waals surface area contributed by atoms with Crippen molar-refractivity contribution in [3.63, 3.8) is 0 Å². The summed E-state index contributed by atoms with van der Waals surface area (Å²) in [4.78, 5) is 0. The molecule has 0 rings (SSSR count). The highest BCUT2D eigenvalue weighted by atomic mass is 127. The van der Waals surface area contributed by atoms with E-state index in [0.29, 0.717) is 0 Å². The van der Waals surface area contributed by atoms with Gasteiger partial charge in [-0.05, 0) is 0 Å². The van der Waals surface area contributed by atoms with Crippen LogP contribution < -0.4 is 0 Å². The van der Waals surface area contributed by atoms with E-state index in [-0.39, 0.29) is 0 Å². The number of halogens is 4. The molecule has 0 N–H and O–H groups in total. The van der Waals surface area contributed by atoms with Gasteiger partial charge in [0.2, 0.25) is 0 Å². The normalized spacial score (nSPS) is 11.8. The minimum atomic E-state index is -4.40. The molecule has 38 valence electrons. The molecule has 1 nitrogen and oxygen atoms in total. The molecule has 5 heteroatoms. The molecule has 0 amide bonds. The van der Waals surface area contributed by atoms with Crippen molar-refractivity contribution < 1.29 is 16.2 Å². The van der Waals surface area contributed by atoms with E-state index in [1.165, 1.54) is 0 Å². The summed E-state index contributed by atoms with van der Waals surface area (Å²) >= 11 is -2.79. The maximum atomic E-state index is 10.5. The minimum Gasteiger partial charge on any atom is -0.261 e. The highest BCUT2D eigenvalue weighted by Gasteiger charge is 2.27. The van der Waals surface area contributed by atoms with E-state index in [1.807, 2.05) is 0 Å². The second kappa shape index (κ2) is 1.85. The van der Waals surface area contributed by atoms with Crippen molar-refractivity contribution in [1.29, 1.82) is 0 Å². The van der Waals surface area contributed by atoms with Crippen LogP contribution in [0.3, 0.4) is 0 Å². The Labute approximate surface area is 42.2 Å². The van der Waals surface area contributed by atoms with Gasteiger partial charge in [-0.15, -0.1) is 0 Å². The van der Waals surface area contributed by atoms with Crippen LogP contribution in [0.1, 0.15) is 0 Å². The maximum Gasteiger partial charge on any atom is 0.475 e. The summed E-state index contributed by atoms with van der Waals surface area (Å²) in [6.07, 6.45) is 0. The van der Waals surface area contributed by atoms with E-state index < -0.39 is 25.4 Å². The molecule has 0 saturated carbocycles. The molecular weight excluding hydrogens is 212 g/mol. The second-order valence-corrected chi connectivity index (χ2v) is 2.17. The van der Waals surface area contributed by atoms with Crippen LogP contribution in [0.15, 0.2) is 0 Å². The summed E-state index contributed by atoms with van der Waals surface area (Å²) in [5.74, 6) is 0. The molecule has 0 spiro atoms. The summed E-state index contributed by atoms with van der Waals surface area (Å²) in [5, 5.41) is 0. The fraction of sp³-hybridized carbons (Fsp3) is 1.00. The van der Waals surface area contributed by atoms with Gasteiger partial charge >= 0.3 is 4.18 Å². The average molecular weight is 212 g/mol. The largest absolute Gasteiger partial charge is 0.475 e. The lowest BCUT2D eigenvalue weighted by Gasteiger charge is -1.85. The zero-order valence-corrected chi connectivity index (χ0v) is 4.58. The van der Waals surface area contributed by atoms with Crippen molar-refractivity contribution in [1.82, 2.24) is 0 Å². The monoisotopic (exact) mass is 212 g/mol. The van der Waals surface area contributed by atoms with E-state index in [9.17, 15) is 13.2 Å². The molecule has 0 bridgehead atoms. The van der Waals surface area contributed by atoms with Crippen molar-refractivity contribution in [2.24, 2.45) is 0 Å². The topological polar surface area (TPSA) is 17.1 Å². The Kier molecular flexibility index (Phi) is 1.95. The van der Waals surface area contributed by atoms with Gasteiger partial charge in [-0.2, -0.15) is 13.2 Å². The highest BCUT2D eigenvalue weighted by molar-refractivity contribution is 14.1. The number of hydrogen-bond acceptors (Lipinski definition) is 1. The van der Waals surface area contributed by atoms with Gasteiger partial charge in [-0.3, -0.25) is 3.07 Å². The SMILES string of the molecule is O=IC(F)(F)F. The molecule has 0 aromatic rings. The Balaban J connectivity index is 3.45. The molecule has 0 saturated heterocycles. The lowest BCUT2D eigenvalue weighted by molar-refractivity contribution is -0.0137. The van der Waals surface area contributed by atoms with E-state index in [1.54, 1.807) is 0 Å². The third-order valence-corrected chi connectivity index (χ3v) is 0.587. The summed E-state index contributed by atoms with van der Waals surface area (Å²) < 4.78 is 36.1. The van der Waals surface area contributed by atoms with Crippen LogP contribution >= 0.6 is 21.2 Å². The average Bonchev–Trinajstić information content (AvgIpc) is 1.35. The first-order chi connectivity index (χ1) is 2.56. The van der Waals surface area contributed by atoms with Crippen molar-refractivity contribution in [2.75, 3.05) is 0 Å². The first-order valence-corrected chi connectivity index (χ1v) is 2.87. The van der Waals surface area contributed by atoms with E-state index >= 15 is 0 Å². The molecule has 0 radical (unpaired) electrons. The quantitative estimate of drug-likeness (QED) is 0.442. The molecule has 0 aliphatic rings.